The van der Waals surface area contributed by atoms with Crippen molar-refractivity contribution in [2.75, 3.05) is 0 Å². The Bertz CT molecular complexity index is 1750. The van der Waals surface area contributed by atoms with Crippen LogP contribution in [0.5, 0.6) is 0 Å². The fourth-order valence-electron chi connectivity index (χ4n) is 11.4. The van der Waals surface area contributed by atoms with Gasteiger partial charge in [-0.25, -0.2) is 0 Å². The van der Waals surface area contributed by atoms with E-state index in [0.717, 1.165) is 23.1 Å². The smallest absolute Gasteiger partial charge is 0.309 e. The largest absolute Gasteiger partial charge is 0.481 e. The number of aliphatic hydroxyl groups excluding tert-OH is 1. The number of ketones is 1. The summed E-state index contributed by atoms with van der Waals surface area (Å²) in [5.41, 5.74) is -1.71. The first-order chi connectivity index (χ1) is 29.3. The molecule has 6 rings (SSSR count). The van der Waals surface area contributed by atoms with Crippen molar-refractivity contribution in [3.63, 3.8) is 0 Å². The molecule has 4 saturated heterocycles. The van der Waals surface area contributed by atoms with Gasteiger partial charge in [-0.15, -0.1) is 0 Å². The normalized spacial score (nSPS) is 41.0. The maximum Gasteiger partial charge on any atom is 0.309 e. The minimum atomic E-state index is -1.34. The number of rotatable bonds is 14. The SMILES string of the molecule is CCC(C(=O)[C@@H](C)[C@@H](O)[C@H](C)[C@@H]1O[C@@H]([C@@H](CC)C(=O)O)CC[C@@H]1C)[C@H]1O[C@]2(C=C[C@@H](NC(=O)Sc3ccccc3)[C@]3(CC[C@@](C)([C@H]4CC[C@](O)(CC)[C@H](C)O4)O3)O2)[C@H](C)C[C@@H]1C. The van der Waals surface area contributed by atoms with Crippen LogP contribution in [0.4, 0.5) is 4.79 Å². The number of nitrogens with one attached hydrogen (secondary N) is 1. The molecule has 5 heterocycles. The van der Waals surface area contributed by atoms with Gasteiger partial charge in [-0.05, 0) is 113 Å². The average Bonchev–Trinajstić information content (AvgIpc) is 3.59. The van der Waals surface area contributed by atoms with Gasteiger partial charge in [-0.2, -0.15) is 0 Å². The Kier molecular flexibility index (Phi) is 15.5. The third-order valence-corrected chi connectivity index (χ3v) is 16.5. The molecule has 62 heavy (non-hydrogen) atoms. The van der Waals surface area contributed by atoms with E-state index in [0.29, 0.717) is 57.8 Å². The topological polar surface area (TPSA) is 170 Å². The van der Waals surface area contributed by atoms with Gasteiger partial charge in [-0.1, -0.05) is 79.7 Å². The van der Waals surface area contributed by atoms with E-state index in [1.165, 1.54) is 0 Å². The molecule has 1 amide bonds. The molecule has 5 aliphatic heterocycles. The van der Waals surface area contributed by atoms with Crippen molar-refractivity contribution >= 4 is 28.8 Å². The highest BCUT2D eigenvalue weighted by molar-refractivity contribution is 8.13. The van der Waals surface area contributed by atoms with Crippen LogP contribution in [0.25, 0.3) is 0 Å². The Morgan fingerprint density at radius 1 is 0.887 bits per heavy atom. The first-order valence-corrected chi connectivity index (χ1v) is 24.4. The highest BCUT2D eigenvalue weighted by atomic mass is 32.2. The third-order valence-electron chi connectivity index (χ3n) is 15.7. The van der Waals surface area contributed by atoms with E-state index in [9.17, 15) is 29.7 Å². The van der Waals surface area contributed by atoms with Crippen LogP contribution in [0.2, 0.25) is 0 Å². The lowest BCUT2D eigenvalue weighted by Crippen LogP contribution is -2.65. The lowest BCUT2D eigenvalue weighted by atomic mass is 9.72. The predicted octanol–water partition coefficient (Wildman–Crippen LogP) is 8.70. The molecule has 1 unspecified atom stereocenters. The molecule has 4 fully saturated rings. The van der Waals surface area contributed by atoms with Crippen LogP contribution < -0.4 is 5.32 Å². The molecule has 18 atom stereocenters. The van der Waals surface area contributed by atoms with Crippen molar-refractivity contribution in [2.24, 2.45) is 41.4 Å². The molecule has 0 radical (unpaired) electrons. The molecule has 0 saturated carbocycles. The van der Waals surface area contributed by atoms with Crippen molar-refractivity contribution in [1.29, 1.82) is 0 Å². The number of benzene rings is 1. The molecule has 13 heteroatoms. The Morgan fingerprint density at radius 2 is 1.58 bits per heavy atom. The zero-order valence-corrected chi connectivity index (χ0v) is 39.5. The molecule has 1 aromatic carbocycles. The molecule has 2 spiro atoms. The van der Waals surface area contributed by atoms with E-state index < -0.39 is 89.0 Å². The number of thioether (sulfide) groups is 1. The van der Waals surface area contributed by atoms with Crippen molar-refractivity contribution in [3.05, 3.63) is 42.5 Å². The Balaban J connectivity index is 1.24. The summed E-state index contributed by atoms with van der Waals surface area (Å²) in [6, 6.07) is 8.79. The second-order valence-electron chi connectivity index (χ2n) is 19.8. The second kappa shape index (κ2) is 19.6. The number of carboxylic acid groups (broad SMARTS) is 1. The van der Waals surface area contributed by atoms with Gasteiger partial charge >= 0.3 is 5.97 Å². The minimum absolute atomic E-state index is 0.0207. The van der Waals surface area contributed by atoms with E-state index in [4.69, 9.17) is 23.7 Å². The number of hydrogen-bond acceptors (Lipinski definition) is 11. The van der Waals surface area contributed by atoms with E-state index in [1.807, 2.05) is 84.0 Å². The van der Waals surface area contributed by atoms with Crippen LogP contribution in [-0.2, 0) is 33.3 Å². The van der Waals surface area contributed by atoms with Crippen LogP contribution in [-0.4, -0.2) is 97.8 Å². The van der Waals surface area contributed by atoms with E-state index in [1.54, 1.807) is 6.92 Å². The van der Waals surface area contributed by atoms with Gasteiger partial charge in [0.15, 0.2) is 11.6 Å². The van der Waals surface area contributed by atoms with Crippen molar-refractivity contribution in [2.45, 2.75) is 204 Å². The molecule has 5 aliphatic rings. The number of ether oxygens (including phenoxy) is 5. The zero-order chi connectivity index (χ0) is 45.4. The summed E-state index contributed by atoms with van der Waals surface area (Å²) in [5, 5.41) is 35.9. The number of hydrogen-bond donors (Lipinski definition) is 4. The number of amides is 1. The lowest BCUT2D eigenvalue weighted by molar-refractivity contribution is -0.397. The first kappa shape index (κ1) is 49.1. The van der Waals surface area contributed by atoms with Gasteiger partial charge in [0.2, 0.25) is 0 Å². The number of aliphatic carboxylic acids is 1. The molecular weight excluding hydrogens is 811 g/mol. The molecule has 0 aliphatic carbocycles. The van der Waals surface area contributed by atoms with Gasteiger partial charge in [0.05, 0.1) is 53.7 Å². The van der Waals surface area contributed by atoms with Gasteiger partial charge in [0, 0.05) is 35.0 Å². The fraction of sp³-hybridized carbons (Fsp3) is 0.776. The summed E-state index contributed by atoms with van der Waals surface area (Å²) < 4.78 is 34.6. The molecule has 0 aromatic heterocycles. The Morgan fingerprint density at radius 3 is 2.21 bits per heavy atom. The third kappa shape index (κ3) is 9.76. The average molecular weight is 886 g/mol. The Hall–Kier alpha value is -2.36. The van der Waals surface area contributed by atoms with Crippen LogP contribution in [0.15, 0.2) is 47.4 Å². The summed E-state index contributed by atoms with van der Waals surface area (Å²) >= 11 is 1.10. The summed E-state index contributed by atoms with van der Waals surface area (Å²) in [7, 11) is 0. The number of carbonyl (C=O) groups is 3. The minimum Gasteiger partial charge on any atom is -0.481 e. The molecule has 0 bridgehead atoms. The summed E-state index contributed by atoms with van der Waals surface area (Å²) in [6.07, 6.45) is 6.56. The first-order valence-electron chi connectivity index (χ1n) is 23.5. The quantitative estimate of drug-likeness (QED) is 0.104. The predicted molar refractivity (Wildman–Crippen MR) is 237 cm³/mol. The van der Waals surface area contributed by atoms with E-state index in [2.05, 4.69) is 26.1 Å². The van der Waals surface area contributed by atoms with Gasteiger partial charge < -0.3 is 44.3 Å². The highest BCUT2D eigenvalue weighted by Gasteiger charge is 2.63. The van der Waals surface area contributed by atoms with Gasteiger partial charge in [0.1, 0.15) is 11.8 Å². The molecule has 4 N–H and O–H groups in total. The monoisotopic (exact) mass is 886 g/mol. The fourth-order valence-corrected chi connectivity index (χ4v) is 12.1. The molecule has 348 valence electrons. The van der Waals surface area contributed by atoms with Gasteiger partial charge in [0.25, 0.3) is 5.24 Å². The maximum atomic E-state index is 14.7. The molecule has 12 nitrogen and oxygen atoms in total. The lowest BCUT2D eigenvalue weighted by Gasteiger charge is -2.55. The maximum absolute atomic E-state index is 14.7. The summed E-state index contributed by atoms with van der Waals surface area (Å²) in [6.45, 7) is 19.7. The van der Waals surface area contributed by atoms with Crippen LogP contribution in [0.3, 0.4) is 0 Å². The van der Waals surface area contributed by atoms with Crippen LogP contribution in [0, 0.1) is 41.4 Å². The number of carbonyl (C=O) groups excluding carboxylic acids is 2. The number of aliphatic hydroxyl groups is 2. The van der Waals surface area contributed by atoms with Crippen molar-refractivity contribution in [1.82, 2.24) is 5.32 Å². The van der Waals surface area contributed by atoms with Gasteiger partial charge in [-0.3, -0.25) is 14.4 Å². The van der Waals surface area contributed by atoms with E-state index >= 15 is 0 Å². The summed E-state index contributed by atoms with van der Waals surface area (Å²) in [4.78, 5) is 41.2. The Labute approximate surface area is 374 Å². The van der Waals surface area contributed by atoms with Crippen molar-refractivity contribution < 1.29 is 53.4 Å². The van der Waals surface area contributed by atoms with Crippen molar-refractivity contribution in [3.8, 4) is 0 Å². The summed E-state index contributed by atoms with van der Waals surface area (Å²) in [5.74, 6) is -6.00. The van der Waals surface area contributed by atoms with E-state index in [-0.39, 0.29) is 34.9 Å². The number of carboxylic acids is 1. The van der Waals surface area contributed by atoms with Crippen LogP contribution >= 0.6 is 11.8 Å². The zero-order valence-electron chi connectivity index (χ0n) is 38.7. The molecular formula is C49H75NO11S. The second-order valence-corrected chi connectivity index (χ2v) is 20.8. The number of Topliss-reactive ketones (excluding diaryl/α,β-unsaturated/α-hetero) is 1. The highest BCUT2D eigenvalue weighted by Crippen LogP contribution is 2.54. The van der Waals surface area contributed by atoms with Crippen LogP contribution in [0.1, 0.15) is 133 Å². The standard InChI is InChI=1S/C49H75NO11S/c1-11-35(44(53)54)37-20-19-28(4)42(58-37)32(8)40(51)31(7)41(52)36(12-2)43-29(5)27-30(6)48(59-43)24-21-38(50-45(55)62-34-17-15-14-16-18-34)49(61-48)26-25-46(10,60-49)39-22-23-47(56,13-3)33(9)57-39/h14-18,21,24,28-33,35-40,42-43,51,56H,11-13,19-20,22-23,25-27H2,1-10H3,(H,50,55)(H,53,54)/t28-,29-,30+,31-,32-,33-,35+,36?,37+,38+,39+,40+,42+,43-,46-,47+,48-,49-/m0/s1. The molecule has 1 aromatic rings.